The molecule has 0 saturated heterocycles. The van der Waals surface area contributed by atoms with Crippen LogP contribution in [0.3, 0.4) is 0 Å². The summed E-state index contributed by atoms with van der Waals surface area (Å²) in [5.74, 6) is 0.277. The van der Waals surface area contributed by atoms with Gasteiger partial charge in [-0.25, -0.2) is 4.68 Å². The van der Waals surface area contributed by atoms with E-state index in [1.807, 2.05) is 36.4 Å². The molecule has 8 nitrogen and oxygen atoms in total. The highest BCUT2D eigenvalue weighted by Crippen LogP contribution is 2.27. The maximum absolute atomic E-state index is 9.47. The molecule has 0 radical (unpaired) electrons. The molecule has 5 aromatic rings. The fraction of sp³-hybridized carbons (Fsp3) is 0.179. The van der Waals surface area contributed by atoms with Gasteiger partial charge in [0.1, 0.15) is 19.2 Å². The third kappa shape index (κ3) is 5.63. The van der Waals surface area contributed by atoms with E-state index in [1.54, 1.807) is 16.8 Å². The van der Waals surface area contributed by atoms with Gasteiger partial charge in [-0.05, 0) is 79.5 Å². The Morgan fingerprint density at radius 3 is 2.73 bits per heavy atom. The summed E-state index contributed by atoms with van der Waals surface area (Å²) in [6.07, 6.45) is 6.05. The van der Waals surface area contributed by atoms with E-state index in [2.05, 4.69) is 68.8 Å². The van der Waals surface area contributed by atoms with E-state index in [0.29, 0.717) is 18.2 Å². The molecule has 9 heteroatoms. The lowest BCUT2D eigenvalue weighted by Gasteiger charge is -2.13. The first-order valence-corrected chi connectivity index (χ1v) is 12.5. The molecular formula is C28H28N6O2S. The van der Waals surface area contributed by atoms with Gasteiger partial charge in [0.25, 0.3) is 0 Å². The van der Waals surface area contributed by atoms with Crippen LogP contribution in [0.5, 0.6) is 5.75 Å². The number of fused-ring (bicyclic) bond motifs is 1. The first-order valence-electron chi connectivity index (χ1n) is 12.0. The third-order valence-corrected chi connectivity index (χ3v) is 6.55. The number of anilines is 1. The average molecular weight is 513 g/mol. The molecule has 0 saturated carbocycles. The van der Waals surface area contributed by atoms with Crippen LogP contribution in [-0.4, -0.2) is 36.6 Å². The number of hydrogen-bond acceptors (Lipinski definition) is 6. The Morgan fingerprint density at radius 1 is 1.08 bits per heavy atom. The van der Waals surface area contributed by atoms with Gasteiger partial charge in [0.2, 0.25) is 4.77 Å². The number of para-hydroxylation sites is 1. The van der Waals surface area contributed by atoms with E-state index in [0.717, 1.165) is 29.8 Å². The lowest BCUT2D eigenvalue weighted by Crippen LogP contribution is -2.12. The van der Waals surface area contributed by atoms with Gasteiger partial charge < -0.3 is 19.7 Å². The van der Waals surface area contributed by atoms with Gasteiger partial charge in [0.15, 0.2) is 0 Å². The van der Waals surface area contributed by atoms with E-state index in [1.165, 1.54) is 22.2 Å². The second-order valence-electron chi connectivity index (χ2n) is 8.67. The Kier molecular flexibility index (Phi) is 7.43. The van der Waals surface area contributed by atoms with E-state index in [9.17, 15) is 5.11 Å². The number of phenolic OH excluding ortho intramolecular Hbond substituents is 1. The molecule has 0 atom stereocenters. The number of aromatic nitrogens is 5. The maximum atomic E-state index is 9.47. The van der Waals surface area contributed by atoms with E-state index < -0.39 is 0 Å². The Morgan fingerprint density at radius 2 is 1.92 bits per heavy atom. The number of phenols is 1. The number of H-pyrrole nitrogens is 1. The number of ether oxygens (including phenoxy) is 1. The van der Waals surface area contributed by atoms with E-state index in [-0.39, 0.29) is 5.75 Å². The van der Waals surface area contributed by atoms with Crippen molar-refractivity contribution in [3.05, 3.63) is 100 Å². The van der Waals surface area contributed by atoms with E-state index in [4.69, 9.17) is 17.0 Å². The molecule has 0 spiro atoms. The first-order chi connectivity index (χ1) is 18.1. The zero-order chi connectivity index (χ0) is 25.6. The molecule has 0 amide bonds. The van der Waals surface area contributed by atoms with Crippen molar-refractivity contribution in [1.29, 1.82) is 0 Å². The molecular weight excluding hydrogens is 484 g/mol. The van der Waals surface area contributed by atoms with Gasteiger partial charge >= 0.3 is 0 Å². The standard InChI is InChI=1S/C28H28N6O2S/c1-20-25-10-3-5-12-27(25)33(26(20)11-4-2-7-21-13-15-24(35)16-14-21)19-36-18-29-22-8-6-9-23(17-22)34-28(37)30-31-32-34/h2-3,5-10,12-17,29,35H,4,11,18-19H2,1H3,(H,30,32,37)/b7-2-. The van der Waals surface area contributed by atoms with Crippen LogP contribution < -0.4 is 5.32 Å². The Hall–Kier alpha value is -4.21. The van der Waals surface area contributed by atoms with Crippen molar-refractivity contribution in [3.8, 4) is 11.4 Å². The summed E-state index contributed by atoms with van der Waals surface area (Å²) in [5, 5.41) is 24.4. The summed E-state index contributed by atoms with van der Waals surface area (Å²) < 4.78 is 10.3. The molecule has 0 fully saturated rings. The molecule has 37 heavy (non-hydrogen) atoms. The summed E-state index contributed by atoms with van der Waals surface area (Å²) in [4.78, 5) is 0. The third-order valence-electron chi connectivity index (χ3n) is 6.28. The van der Waals surface area contributed by atoms with Crippen LogP contribution >= 0.6 is 12.2 Å². The van der Waals surface area contributed by atoms with Crippen molar-refractivity contribution in [2.45, 2.75) is 26.5 Å². The van der Waals surface area contributed by atoms with Crippen molar-refractivity contribution in [2.75, 3.05) is 12.0 Å². The second kappa shape index (κ2) is 11.2. The van der Waals surface area contributed by atoms with Crippen molar-refractivity contribution in [1.82, 2.24) is 24.8 Å². The Balaban J connectivity index is 1.25. The number of tetrazole rings is 1. The van der Waals surface area contributed by atoms with Crippen LogP contribution in [0.15, 0.2) is 78.9 Å². The summed E-state index contributed by atoms with van der Waals surface area (Å²) >= 11 is 5.19. The average Bonchev–Trinajstić information content (AvgIpc) is 3.46. The van der Waals surface area contributed by atoms with Crippen LogP contribution in [0.2, 0.25) is 0 Å². The zero-order valence-corrected chi connectivity index (χ0v) is 21.3. The number of hydrogen-bond donors (Lipinski definition) is 3. The maximum Gasteiger partial charge on any atom is 0.242 e. The topological polar surface area (TPSA) is 92.9 Å². The van der Waals surface area contributed by atoms with Gasteiger partial charge in [-0.3, -0.25) is 0 Å². The lowest BCUT2D eigenvalue weighted by molar-refractivity contribution is 0.0930. The monoisotopic (exact) mass is 512 g/mol. The summed E-state index contributed by atoms with van der Waals surface area (Å²) in [6.45, 7) is 2.96. The summed E-state index contributed by atoms with van der Waals surface area (Å²) in [7, 11) is 0. The predicted octanol–water partition coefficient (Wildman–Crippen LogP) is 5.98. The molecule has 0 aliphatic heterocycles. The highest BCUT2D eigenvalue weighted by atomic mass is 32.1. The van der Waals surface area contributed by atoms with Gasteiger partial charge in [0, 0.05) is 16.8 Å². The van der Waals surface area contributed by atoms with Crippen LogP contribution in [-0.2, 0) is 17.9 Å². The lowest BCUT2D eigenvalue weighted by atomic mass is 10.1. The van der Waals surface area contributed by atoms with Gasteiger partial charge in [-0.15, -0.1) is 0 Å². The second-order valence-corrected chi connectivity index (χ2v) is 9.04. The highest BCUT2D eigenvalue weighted by molar-refractivity contribution is 7.71. The Labute approximate surface area is 219 Å². The largest absolute Gasteiger partial charge is 0.508 e. The fourth-order valence-electron chi connectivity index (χ4n) is 4.42. The quantitative estimate of drug-likeness (QED) is 0.121. The normalized spacial score (nSPS) is 11.5. The van der Waals surface area contributed by atoms with Crippen molar-refractivity contribution < 1.29 is 9.84 Å². The number of aromatic hydroxyl groups is 1. The minimum absolute atomic E-state index is 0.277. The SMILES string of the molecule is Cc1c(CC/C=C\c2ccc(O)cc2)n(COCNc2cccc(-n3[nH]nnc3=S)c2)c2ccccc12. The van der Waals surface area contributed by atoms with Gasteiger partial charge in [-0.2, -0.15) is 5.21 Å². The van der Waals surface area contributed by atoms with Crippen LogP contribution in [0.25, 0.3) is 22.7 Å². The van der Waals surface area contributed by atoms with Crippen LogP contribution in [0.4, 0.5) is 5.69 Å². The van der Waals surface area contributed by atoms with Gasteiger partial charge in [-0.1, -0.05) is 58.9 Å². The smallest absolute Gasteiger partial charge is 0.242 e. The number of aromatic amines is 1. The number of nitrogens with zero attached hydrogens (tertiary/aromatic N) is 4. The van der Waals surface area contributed by atoms with Gasteiger partial charge in [0.05, 0.1) is 11.2 Å². The summed E-state index contributed by atoms with van der Waals surface area (Å²) in [6, 6.07) is 23.5. The molecule has 3 N–H and O–H groups in total. The molecule has 3 aromatic carbocycles. The first kappa shape index (κ1) is 24.5. The Bertz CT molecular complexity index is 1580. The molecule has 0 bridgehead atoms. The molecule has 2 aromatic heterocycles. The van der Waals surface area contributed by atoms with Crippen LogP contribution in [0.1, 0.15) is 23.2 Å². The summed E-state index contributed by atoms with van der Waals surface area (Å²) in [5.41, 5.74) is 6.53. The highest BCUT2D eigenvalue weighted by Gasteiger charge is 2.13. The number of allylic oxidation sites excluding steroid dienone is 1. The number of aryl methyl sites for hydroxylation is 1. The minimum atomic E-state index is 0.277. The number of rotatable bonds is 10. The van der Waals surface area contributed by atoms with Crippen molar-refractivity contribution >= 4 is 34.9 Å². The molecule has 5 rings (SSSR count). The van der Waals surface area contributed by atoms with Crippen LogP contribution in [0, 0.1) is 11.7 Å². The minimum Gasteiger partial charge on any atom is -0.508 e. The molecule has 0 aliphatic carbocycles. The van der Waals surface area contributed by atoms with Crippen molar-refractivity contribution in [3.63, 3.8) is 0 Å². The molecule has 188 valence electrons. The zero-order valence-electron chi connectivity index (χ0n) is 20.5. The number of nitrogens with one attached hydrogen (secondary N) is 2. The fourth-order valence-corrected chi connectivity index (χ4v) is 4.60. The van der Waals surface area contributed by atoms with Crippen molar-refractivity contribution in [2.24, 2.45) is 0 Å². The number of benzene rings is 3. The van der Waals surface area contributed by atoms with E-state index >= 15 is 0 Å². The predicted molar refractivity (Wildman–Crippen MR) is 148 cm³/mol. The molecule has 2 heterocycles. The molecule has 0 unspecified atom stereocenters. The molecule has 0 aliphatic rings.